The van der Waals surface area contributed by atoms with Gasteiger partial charge in [0.05, 0.1) is 0 Å². The molecule has 0 fully saturated rings. The van der Waals surface area contributed by atoms with Crippen LogP contribution in [0.2, 0.25) is 0 Å². The summed E-state index contributed by atoms with van der Waals surface area (Å²) in [6, 6.07) is 8.16. The van der Waals surface area contributed by atoms with Crippen molar-refractivity contribution in [3.8, 4) is 5.75 Å². The van der Waals surface area contributed by atoms with Crippen molar-refractivity contribution < 1.29 is 9.53 Å². The van der Waals surface area contributed by atoms with E-state index in [9.17, 15) is 4.79 Å². The normalized spacial score (nSPS) is 17.2. The van der Waals surface area contributed by atoms with Gasteiger partial charge in [0.1, 0.15) is 12.4 Å². The lowest BCUT2D eigenvalue weighted by molar-refractivity contribution is -0.122. The van der Waals surface area contributed by atoms with Crippen molar-refractivity contribution in [1.82, 2.24) is 10.3 Å². The van der Waals surface area contributed by atoms with Crippen molar-refractivity contribution in [3.63, 3.8) is 0 Å². The Morgan fingerprint density at radius 1 is 1.56 bits per heavy atom. The number of nitrogens with zero attached hydrogens (tertiary/aromatic N) is 1. The van der Waals surface area contributed by atoms with Gasteiger partial charge in [-0.3, -0.25) is 15.1 Å². The fourth-order valence-corrected chi connectivity index (χ4v) is 2.18. The Bertz CT molecular complexity index is 422. The van der Waals surface area contributed by atoms with E-state index in [0.717, 1.165) is 24.4 Å². The molecule has 0 aromatic heterocycles. The lowest BCUT2D eigenvalue weighted by atomic mass is 10.1. The van der Waals surface area contributed by atoms with Gasteiger partial charge in [-0.25, -0.2) is 5.84 Å². The molecule has 3 N–H and O–H groups in total. The summed E-state index contributed by atoms with van der Waals surface area (Å²) in [6.45, 7) is 4.29. The topological polar surface area (TPSA) is 67.6 Å². The van der Waals surface area contributed by atoms with Gasteiger partial charge in [-0.05, 0) is 13.0 Å². The summed E-state index contributed by atoms with van der Waals surface area (Å²) in [6.07, 6.45) is 0.401. The predicted molar refractivity (Wildman–Crippen MR) is 68.8 cm³/mol. The monoisotopic (exact) mass is 249 g/mol. The molecule has 2 rings (SSSR count). The van der Waals surface area contributed by atoms with Crippen LogP contribution in [0.15, 0.2) is 24.3 Å². The maximum atomic E-state index is 11.3. The van der Waals surface area contributed by atoms with E-state index in [-0.39, 0.29) is 11.9 Å². The molecule has 0 bridgehead atoms. The molecular formula is C13H19N3O2. The summed E-state index contributed by atoms with van der Waals surface area (Å²) in [5.41, 5.74) is 3.33. The third-order valence-electron chi connectivity index (χ3n) is 3.25. The largest absolute Gasteiger partial charge is 0.492 e. The Balaban J connectivity index is 2.05. The summed E-state index contributed by atoms with van der Waals surface area (Å²) in [7, 11) is 0. The van der Waals surface area contributed by atoms with E-state index in [4.69, 9.17) is 10.6 Å². The van der Waals surface area contributed by atoms with Gasteiger partial charge in [-0.15, -0.1) is 0 Å². The molecule has 0 saturated heterocycles. The molecule has 98 valence electrons. The van der Waals surface area contributed by atoms with Crippen molar-refractivity contribution in [2.75, 3.05) is 13.2 Å². The standard InChI is InChI=1S/C13H19N3O2/c1-10(8-13(17)15-14)16-6-7-18-12-5-3-2-4-11(12)9-16/h2-5,10H,6-9,14H2,1H3,(H,15,17). The first-order valence-electron chi connectivity index (χ1n) is 6.15. The van der Waals surface area contributed by atoms with Crippen LogP contribution in [0.3, 0.4) is 0 Å². The second-order valence-electron chi connectivity index (χ2n) is 4.55. The number of para-hydroxylation sites is 1. The lowest BCUT2D eigenvalue weighted by Crippen LogP contribution is -2.40. The third-order valence-corrected chi connectivity index (χ3v) is 3.25. The van der Waals surface area contributed by atoms with Crippen molar-refractivity contribution >= 4 is 5.91 Å². The minimum atomic E-state index is -0.138. The van der Waals surface area contributed by atoms with E-state index in [1.54, 1.807) is 0 Å². The molecule has 5 heteroatoms. The van der Waals surface area contributed by atoms with Crippen LogP contribution in [0, 0.1) is 0 Å². The van der Waals surface area contributed by atoms with Crippen LogP contribution in [0.5, 0.6) is 5.75 Å². The highest BCUT2D eigenvalue weighted by molar-refractivity contribution is 5.75. The fraction of sp³-hybridized carbons (Fsp3) is 0.462. The summed E-state index contributed by atoms with van der Waals surface area (Å²) < 4.78 is 5.69. The first kappa shape index (κ1) is 12.9. The number of hydrazine groups is 1. The Kier molecular flexibility index (Phi) is 4.17. The quantitative estimate of drug-likeness (QED) is 0.469. The van der Waals surface area contributed by atoms with Gasteiger partial charge < -0.3 is 4.74 Å². The van der Waals surface area contributed by atoms with Gasteiger partial charge in [-0.1, -0.05) is 18.2 Å². The molecule has 5 nitrogen and oxygen atoms in total. The van der Waals surface area contributed by atoms with Crippen molar-refractivity contribution in [1.29, 1.82) is 0 Å². The molecule has 0 aliphatic carbocycles. The molecule has 1 aliphatic rings. The van der Waals surface area contributed by atoms with Crippen LogP contribution in [-0.2, 0) is 11.3 Å². The SMILES string of the molecule is CC(CC(=O)NN)N1CCOc2ccccc2C1. The zero-order chi connectivity index (χ0) is 13.0. The first-order valence-corrected chi connectivity index (χ1v) is 6.15. The number of benzene rings is 1. The molecule has 0 spiro atoms. The van der Waals surface area contributed by atoms with Crippen LogP contribution in [0.4, 0.5) is 0 Å². The molecule has 1 aliphatic heterocycles. The summed E-state index contributed by atoms with van der Waals surface area (Å²) in [4.78, 5) is 13.5. The molecular weight excluding hydrogens is 230 g/mol. The van der Waals surface area contributed by atoms with Crippen molar-refractivity contribution in [3.05, 3.63) is 29.8 Å². The molecule has 1 amide bonds. The van der Waals surface area contributed by atoms with Crippen LogP contribution in [-0.4, -0.2) is 30.0 Å². The average Bonchev–Trinajstić information content (AvgIpc) is 2.60. The van der Waals surface area contributed by atoms with Crippen LogP contribution in [0.1, 0.15) is 18.9 Å². The van der Waals surface area contributed by atoms with Gasteiger partial charge >= 0.3 is 0 Å². The molecule has 18 heavy (non-hydrogen) atoms. The highest BCUT2D eigenvalue weighted by Crippen LogP contribution is 2.23. The number of carbonyl (C=O) groups excluding carboxylic acids is 1. The Morgan fingerprint density at radius 3 is 3.11 bits per heavy atom. The number of ether oxygens (including phenoxy) is 1. The molecule has 1 atom stereocenters. The number of nitrogens with two attached hydrogens (primary N) is 1. The second kappa shape index (κ2) is 5.84. The third kappa shape index (κ3) is 3.00. The summed E-state index contributed by atoms with van der Waals surface area (Å²) >= 11 is 0. The zero-order valence-corrected chi connectivity index (χ0v) is 10.6. The zero-order valence-electron chi connectivity index (χ0n) is 10.6. The minimum absolute atomic E-state index is 0.138. The van der Waals surface area contributed by atoms with E-state index >= 15 is 0 Å². The molecule has 0 radical (unpaired) electrons. The fourth-order valence-electron chi connectivity index (χ4n) is 2.18. The average molecular weight is 249 g/mol. The van der Waals surface area contributed by atoms with Crippen LogP contribution < -0.4 is 16.0 Å². The smallest absolute Gasteiger partial charge is 0.235 e. The van der Waals surface area contributed by atoms with Crippen LogP contribution >= 0.6 is 0 Å². The molecule has 1 heterocycles. The number of nitrogens with one attached hydrogen (secondary N) is 1. The number of rotatable bonds is 3. The predicted octanol–water partition coefficient (Wildman–Crippen LogP) is 0.650. The van der Waals surface area contributed by atoms with E-state index < -0.39 is 0 Å². The van der Waals surface area contributed by atoms with Crippen molar-refractivity contribution in [2.45, 2.75) is 25.9 Å². The van der Waals surface area contributed by atoms with Gasteiger partial charge in [0.25, 0.3) is 0 Å². The summed E-state index contributed by atoms with van der Waals surface area (Å²) in [5.74, 6) is 5.92. The Hall–Kier alpha value is -1.59. The summed E-state index contributed by atoms with van der Waals surface area (Å²) in [5, 5.41) is 0. The first-order chi connectivity index (χ1) is 8.70. The highest BCUT2D eigenvalue weighted by Gasteiger charge is 2.21. The van der Waals surface area contributed by atoms with Crippen LogP contribution in [0.25, 0.3) is 0 Å². The molecule has 0 saturated carbocycles. The van der Waals surface area contributed by atoms with E-state index in [2.05, 4.69) is 16.4 Å². The van der Waals surface area contributed by atoms with E-state index in [0.29, 0.717) is 13.0 Å². The molecule has 1 aromatic carbocycles. The van der Waals surface area contributed by atoms with Crippen molar-refractivity contribution in [2.24, 2.45) is 5.84 Å². The van der Waals surface area contributed by atoms with E-state index in [1.165, 1.54) is 0 Å². The molecule has 1 aromatic rings. The maximum absolute atomic E-state index is 11.3. The number of carbonyl (C=O) groups is 1. The second-order valence-corrected chi connectivity index (χ2v) is 4.55. The van der Waals surface area contributed by atoms with Gasteiger partial charge in [0.2, 0.25) is 5.91 Å². The van der Waals surface area contributed by atoms with E-state index in [1.807, 2.05) is 25.1 Å². The number of amides is 1. The number of hydrogen-bond acceptors (Lipinski definition) is 4. The Morgan fingerprint density at radius 2 is 2.33 bits per heavy atom. The highest BCUT2D eigenvalue weighted by atomic mass is 16.5. The minimum Gasteiger partial charge on any atom is -0.492 e. The van der Waals surface area contributed by atoms with Gasteiger partial charge in [0.15, 0.2) is 0 Å². The maximum Gasteiger partial charge on any atom is 0.235 e. The Labute approximate surface area is 107 Å². The molecule has 1 unspecified atom stereocenters. The van der Waals surface area contributed by atoms with Gasteiger partial charge in [-0.2, -0.15) is 0 Å². The van der Waals surface area contributed by atoms with Gasteiger partial charge in [0, 0.05) is 31.1 Å². The number of hydrogen-bond donors (Lipinski definition) is 2. The lowest BCUT2D eigenvalue weighted by Gasteiger charge is -2.26. The number of fused-ring (bicyclic) bond motifs is 1.